The summed E-state index contributed by atoms with van der Waals surface area (Å²) in [5.74, 6) is 0.898. The summed E-state index contributed by atoms with van der Waals surface area (Å²) in [6, 6.07) is 5.34. The molecule has 132 valence electrons. The van der Waals surface area contributed by atoms with Gasteiger partial charge in [-0.2, -0.15) is 0 Å². The normalized spacial score (nSPS) is 21.9. The fraction of sp³-hybridized carbons (Fsp3) is 0.647. The highest BCUT2D eigenvalue weighted by Gasteiger charge is 2.31. The molecule has 2 aliphatic rings. The Balaban J connectivity index is 1.70. The lowest BCUT2D eigenvalue weighted by Crippen LogP contribution is -2.39. The summed E-state index contributed by atoms with van der Waals surface area (Å²) in [6.07, 6.45) is 1.06. The van der Waals surface area contributed by atoms with Gasteiger partial charge in [0.25, 0.3) is 0 Å². The number of nitro groups is 1. The van der Waals surface area contributed by atoms with Crippen LogP contribution in [0.25, 0.3) is 0 Å². The van der Waals surface area contributed by atoms with E-state index in [9.17, 15) is 10.1 Å². The number of morpholine rings is 1. The summed E-state index contributed by atoms with van der Waals surface area (Å²) in [7, 11) is 0. The van der Waals surface area contributed by atoms with Crippen LogP contribution in [-0.2, 0) is 4.74 Å². The first kappa shape index (κ1) is 17.0. The first-order valence-corrected chi connectivity index (χ1v) is 8.64. The van der Waals surface area contributed by atoms with Crippen molar-refractivity contribution in [3.05, 3.63) is 28.3 Å². The molecule has 1 aromatic carbocycles. The van der Waals surface area contributed by atoms with Crippen LogP contribution in [0.3, 0.4) is 0 Å². The molecule has 0 aliphatic carbocycles. The van der Waals surface area contributed by atoms with Gasteiger partial charge in [-0.15, -0.1) is 0 Å². The number of nitro benzene ring substituents is 1. The van der Waals surface area contributed by atoms with E-state index < -0.39 is 0 Å². The molecule has 2 heterocycles. The van der Waals surface area contributed by atoms with Gasteiger partial charge in [0.05, 0.1) is 24.7 Å². The van der Waals surface area contributed by atoms with Gasteiger partial charge in [0, 0.05) is 32.7 Å². The van der Waals surface area contributed by atoms with Gasteiger partial charge in [-0.25, -0.2) is 0 Å². The monoisotopic (exact) mass is 335 g/mol. The summed E-state index contributed by atoms with van der Waals surface area (Å²) >= 11 is 0. The molecule has 0 spiro atoms. The summed E-state index contributed by atoms with van der Waals surface area (Å²) in [5, 5.41) is 11.5. The lowest BCUT2D eigenvalue weighted by atomic mass is 10.1. The van der Waals surface area contributed by atoms with Crippen molar-refractivity contribution in [3.8, 4) is 5.75 Å². The summed E-state index contributed by atoms with van der Waals surface area (Å²) < 4.78 is 10.8. The van der Waals surface area contributed by atoms with Crippen LogP contribution >= 0.6 is 0 Å². The maximum atomic E-state index is 11.5. The van der Waals surface area contributed by atoms with Crippen LogP contribution in [-0.4, -0.2) is 62.4 Å². The third-order valence-corrected chi connectivity index (χ3v) is 4.71. The van der Waals surface area contributed by atoms with Gasteiger partial charge in [0.15, 0.2) is 5.75 Å². The van der Waals surface area contributed by atoms with Crippen LogP contribution in [0.1, 0.15) is 13.3 Å². The Morgan fingerprint density at radius 2 is 2.12 bits per heavy atom. The van der Waals surface area contributed by atoms with Crippen molar-refractivity contribution in [2.24, 2.45) is 5.92 Å². The second-order valence-electron chi connectivity index (χ2n) is 6.33. The number of ether oxygens (including phenoxy) is 2. The minimum Gasteiger partial charge on any atom is -0.487 e. The summed E-state index contributed by atoms with van der Waals surface area (Å²) in [5.41, 5.74) is 0.766. The Hall–Kier alpha value is -1.86. The molecule has 7 nitrogen and oxygen atoms in total. The van der Waals surface area contributed by atoms with E-state index in [0.29, 0.717) is 24.0 Å². The second kappa shape index (κ2) is 7.81. The maximum absolute atomic E-state index is 11.5. The third-order valence-electron chi connectivity index (χ3n) is 4.71. The second-order valence-corrected chi connectivity index (χ2v) is 6.33. The molecule has 0 aromatic heterocycles. The number of benzene rings is 1. The van der Waals surface area contributed by atoms with Crippen molar-refractivity contribution in [3.63, 3.8) is 0 Å². The predicted octanol–water partition coefficient (Wildman–Crippen LogP) is 2.15. The molecule has 0 radical (unpaired) electrons. The molecular formula is C17H25N3O4. The van der Waals surface area contributed by atoms with Crippen LogP contribution in [0.4, 0.5) is 11.4 Å². The van der Waals surface area contributed by atoms with Crippen molar-refractivity contribution in [2.75, 3.05) is 57.4 Å². The van der Waals surface area contributed by atoms with E-state index in [2.05, 4.69) is 9.80 Å². The van der Waals surface area contributed by atoms with Crippen LogP contribution in [0.5, 0.6) is 5.75 Å². The zero-order chi connectivity index (χ0) is 16.9. The Morgan fingerprint density at radius 3 is 2.83 bits per heavy atom. The van der Waals surface area contributed by atoms with Crippen LogP contribution in [0.15, 0.2) is 18.2 Å². The van der Waals surface area contributed by atoms with Crippen molar-refractivity contribution in [1.29, 1.82) is 0 Å². The highest BCUT2D eigenvalue weighted by molar-refractivity contribution is 5.70. The standard InChI is InChI=1S/C17H25N3O4/c1-2-24-16-5-3-4-15(17(16)20(21)22)19-7-6-14(13-19)12-18-8-10-23-11-9-18/h3-5,14H,2,6-13H2,1H3/t14-/m1/s1. The first-order valence-electron chi connectivity index (χ1n) is 8.64. The number of rotatable bonds is 6. The molecule has 0 saturated carbocycles. The molecule has 24 heavy (non-hydrogen) atoms. The van der Waals surface area contributed by atoms with E-state index >= 15 is 0 Å². The van der Waals surface area contributed by atoms with Gasteiger partial charge in [-0.3, -0.25) is 15.0 Å². The average molecular weight is 335 g/mol. The third kappa shape index (κ3) is 3.79. The molecule has 0 N–H and O–H groups in total. The molecule has 1 atom stereocenters. The van der Waals surface area contributed by atoms with Crippen LogP contribution < -0.4 is 9.64 Å². The molecule has 0 unspecified atom stereocenters. The number of nitrogens with zero attached hydrogens (tertiary/aromatic N) is 3. The zero-order valence-corrected chi connectivity index (χ0v) is 14.1. The Bertz CT molecular complexity index is 575. The van der Waals surface area contributed by atoms with E-state index in [4.69, 9.17) is 9.47 Å². The predicted molar refractivity (Wildman–Crippen MR) is 91.8 cm³/mol. The Morgan fingerprint density at radius 1 is 1.33 bits per heavy atom. The molecule has 2 fully saturated rings. The topological polar surface area (TPSA) is 68.1 Å². The molecule has 7 heteroatoms. The van der Waals surface area contributed by atoms with Gasteiger partial charge in [0.1, 0.15) is 5.69 Å². The van der Waals surface area contributed by atoms with Crippen LogP contribution in [0.2, 0.25) is 0 Å². The minimum atomic E-state index is -0.324. The van der Waals surface area contributed by atoms with Gasteiger partial charge in [-0.1, -0.05) is 6.07 Å². The quantitative estimate of drug-likeness (QED) is 0.586. The van der Waals surface area contributed by atoms with Crippen molar-refractivity contribution < 1.29 is 14.4 Å². The van der Waals surface area contributed by atoms with E-state index in [1.807, 2.05) is 19.1 Å². The largest absolute Gasteiger partial charge is 0.487 e. The molecule has 1 aromatic rings. The molecule has 3 rings (SSSR count). The number of anilines is 1. The van der Waals surface area contributed by atoms with Gasteiger partial charge < -0.3 is 14.4 Å². The van der Waals surface area contributed by atoms with E-state index in [1.165, 1.54) is 0 Å². The Labute approximate surface area is 142 Å². The van der Waals surface area contributed by atoms with Gasteiger partial charge in [0.2, 0.25) is 0 Å². The molecule has 0 amide bonds. The average Bonchev–Trinajstić information content (AvgIpc) is 3.04. The highest BCUT2D eigenvalue weighted by Crippen LogP contribution is 2.39. The summed E-state index contributed by atoms with van der Waals surface area (Å²) in [4.78, 5) is 15.8. The van der Waals surface area contributed by atoms with Crippen molar-refractivity contribution in [2.45, 2.75) is 13.3 Å². The van der Waals surface area contributed by atoms with E-state index in [-0.39, 0.29) is 10.6 Å². The van der Waals surface area contributed by atoms with Crippen molar-refractivity contribution >= 4 is 11.4 Å². The number of para-hydroxylation sites is 1. The molecular weight excluding hydrogens is 310 g/mol. The molecule has 2 aliphatic heterocycles. The van der Waals surface area contributed by atoms with E-state index in [1.54, 1.807) is 6.07 Å². The molecule has 2 saturated heterocycles. The van der Waals surface area contributed by atoms with Crippen molar-refractivity contribution in [1.82, 2.24) is 4.90 Å². The van der Waals surface area contributed by atoms with Gasteiger partial charge in [-0.05, 0) is 31.4 Å². The lowest BCUT2D eigenvalue weighted by molar-refractivity contribution is -0.385. The van der Waals surface area contributed by atoms with E-state index in [0.717, 1.165) is 52.4 Å². The maximum Gasteiger partial charge on any atom is 0.333 e. The number of hydrogen-bond donors (Lipinski definition) is 0. The van der Waals surface area contributed by atoms with Gasteiger partial charge >= 0.3 is 5.69 Å². The highest BCUT2D eigenvalue weighted by atomic mass is 16.6. The lowest BCUT2D eigenvalue weighted by Gasteiger charge is -2.29. The Kier molecular flexibility index (Phi) is 5.52. The van der Waals surface area contributed by atoms with Crippen LogP contribution in [0, 0.1) is 16.0 Å². The summed E-state index contributed by atoms with van der Waals surface area (Å²) in [6.45, 7) is 8.58. The fourth-order valence-corrected chi connectivity index (χ4v) is 3.57. The molecule has 0 bridgehead atoms. The fourth-order valence-electron chi connectivity index (χ4n) is 3.57. The number of hydrogen-bond acceptors (Lipinski definition) is 6. The minimum absolute atomic E-state index is 0.0892. The first-order chi connectivity index (χ1) is 11.7. The SMILES string of the molecule is CCOc1cccc(N2CC[C@H](CN3CCOCC3)C2)c1[N+](=O)[O-]. The zero-order valence-electron chi connectivity index (χ0n) is 14.1. The smallest absolute Gasteiger partial charge is 0.333 e.